The molecule has 0 unspecified atom stereocenters. The summed E-state index contributed by atoms with van der Waals surface area (Å²) in [6, 6.07) is 11.3. The van der Waals surface area contributed by atoms with E-state index in [0.717, 1.165) is 30.3 Å². The molecule has 1 amide bonds. The number of hydrogen-bond donors (Lipinski definition) is 1. The molecule has 3 heterocycles. The maximum Gasteiger partial charge on any atom is 0.229 e. The summed E-state index contributed by atoms with van der Waals surface area (Å²) in [5.41, 5.74) is 1.45. The van der Waals surface area contributed by atoms with Gasteiger partial charge < -0.3 is 14.6 Å². The van der Waals surface area contributed by atoms with Crippen molar-refractivity contribution in [2.45, 2.75) is 50.0 Å². The number of sulfone groups is 1. The quantitative estimate of drug-likeness (QED) is 0.472. The van der Waals surface area contributed by atoms with Crippen molar-refractivity contribution in [3.05, 3.63) is 54.3 Å². The van der Waals surface area contributed by atoms with Crippen molar-refractivity contribution in [2.24, 2.45) is 5.92 Å². The Balaban J connectivity index is 1.44. The predicted octanol–water partition coefficient (Wildman–Crippen LogP) is 4.22. The first-order valence-electron chi connectivity index (χ1n) is 13.7. The average Bonchev–Trinajstić information content (AvgIpc) is 3.60. The zero-order chi connectivity index (χ0) is 27.9. The molecule has 11 heteroatoms. The number of nitrogens with one attached hydrogen (secondary N) is 1. The predicted molar refractivity (Wildman–Crippen MR) is 146 cm³/mol. The highest BCUT2D eigenvalue weighted by Crippen LogP contribution is 2.46. The molecule has 1 aliphatic heterocycles. The van der Waals surface area contributed by atoms with Crippen molar-refractivity contribution in [2.75, 3.05) is 29.5 Å². The van der Waals surface area contributed by atoms with E-state index in [2.05, 4.69) is 16.4 Å². The number of nitrogens with zero attached hydrogens (tertiary/aromatic N) is 4. The number of carbonyl (C=O) groups excluding carboxylic acids is 1. The fraction of sp³-hybridized carbons (Fsp3) is 0.448. The Morgan fingerprint density at radius 3 is 2.60 bits per heavy atom. The van der Waals surface area contributed by atoms with Gasteiger partial charge in [-0.1, -0.05) is 31.0 Å². The molecule has 0 radical (unpaired) electrons. The van der Waals surface area contributed by atoms with Crippen LogP contribution in [0.4, 0.5) is 10.1 Å². The van der Waals surface area contributed by atoms with E-state index in [1.54, 1.807) is 0 Å². The molecule has 1 aromatic carbocycles. The van der Waals surface area contributed by atoms with Crippen LogP contribution >= 0.6 is 0 Å². The fourth-order valence-electron chi connectivity index (χ4n) is 5.82. The summed E-state index contributed by atoms with van der Waals surface area (Å²) in [6.07, 6.45) is 6.96. The summed E-state index contributed by atoms with van der Waals surface area (Å²) in [6.45, 7) is 0.701. The topological polar surface area (TPSA) is 129 Å². The highest BCUT2D eigenvalue weighted by molar-refractivity contribution is 7.91. The maximum absolute atomic E-state index is 14.8. The number of nitriles is 1. The van der Waals surface area contributed by atoms with Gasteiger partial charge >= 0.3 is 0 Å². The largest absolute Gasteiger partial charge is 0.440 e. The molecule has 2 atom stereocenters. The third-order valence-electron chi connectivity index (χ3n) is 8.27. The number of oxazole rings is 1. The molecule has 1 N–H and O–H groups in total. The minimum atomic E-state index is -3.08. The lowest BCUT2D eigenvalue weighted by Gasteiger charge is -2.32. The van der Waals surface area contributed by atoms with Crippen LogP contribution in [0.3, 0.4) is 0 Å². The number of amides is 1. The number of carbonyl (C=O) groups is 1. The molecular formula is C29H30FN5O4S. The Morgan fingerprint density at radius 1 is 1.12 bits per heavy atom. The minimum absolute atomic E-state index is 0.0615. The molecule has 40 heavy (non-hydrogen) atoms. The summed E-state index contributed by atoms with van der Waals surface area (Å²) in [4.78, 5) is 24.2. The Bertz CT molecular complexity index is 1580. The van der Waals surface area contributed by atoms with Gasteiger partial charge in [-0.05, 0) is 37.8 Å². The molecule has 9 nitrogen and oxygen atoms in total. The number of para-hydroxylation sites is 1. The summed E-state index contributed by atoms with van der Waals surface area (Å²) in [7, 11) is -3.08. The van der Waals surface area contributed by atoms with E-state index < -0.39 is 27.1 Å². The number of benzene rings is 1. The maximum atomic E-state index is 14.8. The van der Waals surface area contributed by atoms with E-state index in [0.29, 0.717) is 50.2 Å². The number of hydrogen-bond acceptors (Lipinski definition) is 8. The minimum Gasteiger partial charge on any atom is -0.440 e. The second-order valence-electron chi connectivity index (χ2n) is 10.9. The smallest absolute Gasteiger partial charge is 0.229 e. The van der Waals surface area contributed by atoms with Gasteiger partial charge in [0.2, 0.25) is 11.8 Å². The lowest BCUT2D eigenvalue weighted by Crippen LogP contribution is -2.42. The summed E-state index contributed by atoms with van der Waals surface area (Å²) >= 11 is 0. The van der Waals surface area contributed by atoms with Gasteiger partial charge in [-0.2, -0.15) is 5.26 Å². The first-order chi connectivity index (χ1) is 19.3. The van der Waals surface area contributed by atoms with Crippen molar-refractivity contribution in [1.29, 1.82) is 5.26 Å². The van der Waals surface area contributed by atoms with Crippen molar-refractivity contribution >= 4 is 21.4 Å². The lowest BCUT2D eigenvalue weighted by atomic mass is 9.76. The fourth-order valence-corrected chi connectivity index (χ4v) is 7.02. The second-order valence-corrected chi connectivity index (χ2v) is 13.2. The summed E-state index contributed by atoms with van der Waals surface area (Å²) in [5, 5.41) is 12.5. The van der Waals surface area contributed by atoms with Crippen LogP contribution in [0.15, 0.2) is 47.1 Å². The van der Waals surface area contributed by atoms with Gasteiger partial charge in [0.1, 0.15) is 17.0 Å². The van der Waals surface area contributed by atoms with Crippen LogP contribution in [-0.2, 0) is 14.6 Å². The molecule has 2 aromatic heterocycles. The molecule has 2 aliphatic carbocycles. The number of rotatable bonds is 6. The van der Waals surface area contributed by atoms with Crippen molar-refractivity contribution in [3.63, 3.8) is 0 Å². The lowest BCUT2D eigenvalue weighted by molar-refractivity contribution is -0.127. The highest BCUT2D eigenvalue weighted by Gasteiger charge is 2.47. The van der Waals surface area contributed by atoms with Crippen LogP contribution in [0, 0.1) is 23.1 Å². The van der Waals surface area contributed by atoms with Crippen LogP contribution in [0.1, 0.15) is 50.2 Å². The van der Waals surface area contributed by atoms with Gasteiger partial charge in [0.25, 0.3) is 0 Å². The monoisotopic (exact) mass is 563 g/mol. The number of aromatic nitrogens is 2. The van der Waals surface area contributed by atoms with Crippen LogP contribution < -0.4 is 10.2 Å². The van der Waals surface area contributed by atoms with Crippen molar-refractivity contribution in [1.82, 2.24) is 15.3 Å². The molecule has 3 fully saturated rings. The Hall–Kier alpha value is -3.78. The molecule has 6 rings (SSSR count). The first kappa shape index (κ1) is 26.4. The molecule has 1 saturated heterocycles. The zero-order valence-electron chi connectivity index (χ0n) is 22.0. The van der Waals surface area contributed by atoms with E-state index in [9.17, 15) is 22.9 Å². The van der Waals surface area contributed by atoms with Gasteiger partial charge in [-0.25, -0.2) is 17.8 Å². The molecule has 0 bridgehead atoms. The van der Waals surface area contributed by atoms with Crippen LogP contribution in [0.25, 0.3) is 22.7 Å². The normalized spacial score (nSPS) is 23.2. The van der Waals surface area contributed by atoms with E-state index in [-0.39, 0.29) is 34.8 Å². The van der Waals surface area contributed by atoms with E-state index in [1.807, 2.05) is 29.2 Å². The molecule has 0 spiro atoms. The third kappa shape index (κ3) is 5.08. The highest BCUT2D eigenvalue weighted by atomic mass is 32.2. The van der Waals surface area contributed by atoms with Gasteiger partial charge in [-0.15, -0.1) is 0 Å². The third-order valence-corrected chi connectivity index (χ3v) is 9.88. The molecular weight excluding hydrogens is 533 g/mol. The second kappa shape index (κ2) is 10.3. The van der Waals surface area contributed by atoms with Crippen molar-refractivity contribution in [3.8, 4) is 28.8 Å². The van der Waals surface area contributed by atoms with Gasteiger partial charge in [-0.3, -0.25) is 9.78 Å². The molecule has 2 saturated carbocycles. The van der Waals surface area contributed by atoms with Crippen LogP contribution in [0.2, 0.25) is 0 Å². The first-order valence-corrected chi connectivity index (χ1v) is 15.5. The molecule has 3 aromatic rings. The summed E-state index contributed by atoms with van der Waals surface area (Å²) in [5.74, 6) is -0.756. The number of pyridine rings is 1. The SMILES string of the molecule is N#CC1(NC(=O)[C@@H]2CCCC[C@H]2c2oc(-c3ccncc3F)nc2-c2ccccc2N2CCS(=O)(=O)CC2)CC1. The molecule has 208 valence electrons. The van der Waals surface area contributed by atoms with E-state index >= 15 is 0 Å². The summed E-state index contributed by atoms with van der Waals surface area (Å²) < 4.78 is 45.4. The number of halogens is 1. The standard InChI is InChI=1S/C29H30FN5O4S/c30-23-17-32-12-9-21(23)28-33-25(22-7-3-4-8-24(22)35-13-15-40(37,38)16-14-35)26(39-28)19-5-1-2-6-20(19)27(36)34-29(18-31)10-11-29/h3-4,7-9,12,17,19-20H,1-2,5-6,10-11,13-16H2,(H,34,36)/t19-,20-/m1/s1. The van der Waals surface area contributed by atoms with Crippen LogP contribution in [-0.4, -0.2) is 54.4 Å². The number of anilines is 1. The Kier molecular flexibility index (Phi) is 6.82. The van der Waals surface area contributed by atoms with Gasteiger partial charge in [0, 0.05) is 42.4 Å². The van der Waals surface area contributed by atoms with Crippen LogP contribution in [0.5, 0.6) is 0 Å². The van der Waals surface area contributed by atoms with Crippen molar-refractivity contribution < 1.29 is 22.0 Å². The van der Waals surface area contributed by atoms with Gasteiger partial charge in [0.15, 0.2) is 15.7 Å². The van der Waals surface area contributed by atoms with E-state index in [1.165, 1.54) is 12.3 Å². The van der Waals surface area contributed by atoms with Gasteiger partial charge in [0.05, 0.1) is 29.3 Å². The molecule has 3 aliphatic rings. The Labute approximate surface area is 232 Å². The zero-order valence-corrected chi connectivity index (χ0v) is 22.8. The Morgan fingerprint density at radius 2 is 1.88 bits per heavy atom. The van der Waals surface area contributed by atoms with E-state index in [4.69, 9.17) is 9.40 Å². The average molecular weight is 564 g/mol.